The number of hydrogen-bond donors (Lipinski definition) is 1. The number of nitriles is 1. The lowest BCUT2D eigenvalue weighted by atomic mass is 9.76. The van der Waals surface area contributed by atoms with Crippen molar-refractivity contribution in [2.45, 2.75) is 24.4 Å². The molecule has 1 aliphatic carbocycles. The second kappa shape index (κ2) is 4.49. The van der Waals surface area contributed by atoms with Gasteiger partial charge in [-0.25, -0.2) is 0 Å². The van der Waals surface area contributed by atoms with Crippen molar-refractivity contribution in [3.05, 3.63) is 65.5 Å². The number of benzene rings is 1. The lowest BCUT2D eigenvalue weighted by molar-refractivity contribution is 0.106. The van der Waals surface area contributed by atoms with Crippen LogP contribution < -0.4 is 0 Å². The first-order valence-electron chi connectivity index (χ1n) is 6.36. The fraction of sp³-hybridized carbons (Fsp3) is 0.250. The standard InChI is InChI=1S/C16H14N2O/c17-11-16(15(19)14-7-3-4-10-18-14)9-8-12-5-1-2-6-13(12)16/h1-7,10,15,19H,8-9H2. The molecule has 0 amide bonds. The van der Waals surface area contributed by atoms with Gasteiger partial charge in [0, 0.05) is 6.20 Å². The van der Waals surface area contributed by atoms with Crippen LogP contribution in [0, 0.1) is 11.3 Å². The van der Waals surface area contributed by atoms with Gasteiger partial charge in [-0.1, -0.05) is 30.3 Å². The fourth-order valence-electron chi connectivity index (χ4n) is 2.89. The summed E-state index contributed by atoms with van der Waals surface area (Å²) in [5.74, 6) is 0. The van der Waals surface area contributed by atoms with Gasteiger partial charge in [0.15, 0.2) is 0 Å². The number of hydrogen-bond acceptors (Lipinski definition) is 3. The van der Waals surface area contributed by atoms with E-state index >= 15 is 0 Å². The molecule has 0 saturated heterocycles. The molecule has 0 bridgehead atoms. The van der Waals surface area contributed by atoms with Crippen molar-refractivity contribution in [3.63, 3.8) is 0 Å². The molecule has 2 unspecified atom stereocenters. The van der Waals surface area contributed by atoms with E-state index in [1.165, 1.54) is 0 Å². The van der Waals surface area contributed by atoms with Crippen LogP contribution in [0.3, 0.4) is 0 Å². The minimum absolute atomic E-state index is 0.556. The highest BCUT2D eigenvalue weighted by Gasteiger charge is 2.46. The molecule has 0 fully saturated rings. The first kappa shape index (κ1) is 11.9. The van der Waals surface area contributed by atoms with Crippen LogP contribution >= 0.6 is 0 Å². The molecule has 0 spiro atoms. The third-order valence-corrected chi connectivity index (χ3v) is 3.92. The molecule has 3 nitrogen and oxygen atoms in total. The van der Waals surface area contributed by atoms with Crippen LogP contribution in [0.25, 0.3) is 0 Å². The van der Waals surface area contributed by atoms with Crippen LogP contribution in [0.5, 0.6) is 0 Å². The zero-order chi connectivity index (χ0) is 13.3. The summed E-state index contributed by atoms with van der Waals surface area (Å²) >= 11 is 0. The highest BCUT2D eigenvalue weighted by atomic mass is 16.3. The monoisotopic (exact) mass is 250 g/mol. The van der Waals surface area contributed by atoms with Crippen LogP contribution in [0.15, 0.2) is 48.7 Å². The Kier molecular flexibility index (Phi) is 2.81. The van der Waals surface area contributed by atoms with E-state index < -0.39 is 11.5 Å². The van der Waals surface area contributed by atoms with Crippen LogP contribution in [0.4, 0.5) is 0 Å². The number of rotatable bonds is 2. The van der Waals surface area contributed by atoms with Gasteiger partial charge in [-0.15, -0.1) is 0 Å². The maximum absolute atomic E-state index is 10.6. The number of aliphatic hydroxyl groups is 1. The molecule has 3 heteroatoms. The smallest absolute Gasteiger partial charge is 0.119 e. The van der Waals surface area contributed by atoms with Gasteiger partial charge in [0.2, 0.25) is 0 Å². The molecule has 0 radical (unpaired) electrons. The van der Waals surface area contributed by atoms with E-state index in [2.05, 4.69) is 11.1 Å². The summed E-state index contributed by atoms with van der Waals surface area (Å²) < 4.78 is 0. The summed E-state index contributed by atoms with van der Waals surface area (Å²) in [6, 6.07) is 15.6. The van der Waals surface area contributed by atoms with Gasteiger partial charge in [-0.05, 0) is 36.1 Å². The Morgan fingerprint density at radius 2 is 2.00 bits per heavy atom. The number of pyridine rings is 1. The van der Waals surface area contributed by atoms with Crippen LogP contribution in [-0.2, 0) is 11.8 Å². The largest absolute Gasteiger partial charge is 0.385 e. The number of nitrogens with zero attached hydrogens (tertiary/aromatic N) is 2. The molecule has 19 heavy (non-hydrogen) atoms. The molecule has 1 aromatic carbocycles. The van der Waals surface area contributed by atoms with Crippen LogP contribution in [0.1, 0.15) is 29.3 Å². The number of aromatic nitrogens is 1. The number of fused-ring (bicyclic) bond motifs is 1. The second-order valence-corrected chi connectivity index (χ2v) is 4.90. The zero-order valence-corrected chi connectivity index (χ0v) is 10.5. The summed E-state index contributed by atoms with van der Waals surface area (Å²) in [5, 5.41) is 20.3. The lowest BCUT2D eigenvalue weighted by Gasteiger charge is -2.27. The topological polar surface area (TPSA) is 56.9 Å². The normalized spacial score (nSPS) is 22.5. The lowest BCUT2D eigenvalue weighted by Crippen LogP contribution is -2.30. The van der Waals surface area contributed by atoms with E-state index in [-0.39, 0.29) is 0 Å². The van der Waals surface area contributed by atoms with Gasteiger partial charge in [0.1, 0.15) is 11.5 Å². The molecule has 94 valence electrons. The van der Waals surface area contributed by atoms with E-state index in [1.54, 1.807) is 18.3 Å². The summed E-state index contributed by atoms with van der Waals surface area (Å²) in [4.78, 5) is 4.19. The van der Waals surface area contributed by atoms with E-state index in [9.17, 15) is 10.4 Å². The molecule has 1 N–H and O–H groups in total. The maximum Gasteiger partial charge on any atom is 0.119 e. The van der Waals surface area contributed by atoms with E-state index in [0.717, 1.165) is 17.5 Å². The van der Waals surface area contributed by atoms with Crippen molar-refractivity contribution in [3.8, 4) is 6.07 Å². The van der Waals surface area contributed by atoms with E-state index in [1.807, 2.05) is 30.3 Å². The zero-order valence-electron chi connectivity index (χ0n) is 10.5. The highest BCUT2D eigenvalue weighted by Crippen LogP contribution is 2.46. The van der Waals surface area contributed by atoms with Crippen molar-refractivity contribution in [1.82, 2.24) is 4.98 Å². The second-order valence-electron chi connectivity index (χ2n) is 4.90. The molecule has 0 aliphatic heterocycles. The molecule has 0 saturated carbocycles. The van der Waals surface area contributed by atoms with Crippen molar-refractivity contribution in [1.29, 1.82) is 5.26 Å². The first-order chi connectivity index (χ1) is 9.28. The van der Waals surface area contributed by atoms with Gasteiger partial charge in [0.25, 0.3) is 0 Å². The van der Waals surface area contributed by atoms with Crippen molar-refractivity contribution < 1.29 is 5.11 Å². The van der Waals surface area contributed by atoms with Gasteiger partial charge < -0.3 is 5.11 Å². The predicted octanol–water partition coefficient (Wildman–Crippen LogP) is 2.52. The third-order valence-electron chi connectivity index (χ3n) is 3.92. The Balaban J connectivity index is 2.10. The molecule has 1 aliphatic rings. The van der Waals surface area contributed by atoms with E-state index in [0.29, 0.717) is 12.1 Å². The van der Waals surface area contributed by atoms with Gasteiger partial charge >= 0.3 is 0 Å². The van der Waals surface area contributed by atoms with Crippen molar-refractivity contribution in [2.24, 2.45) is 0 Å². The first-order valence-corrected chi connectivity index (χ1v) is 6.36. The quantitative estimate of drug-likeness (QED) is 0.891. The van der Waals surface area contributed by atoms with Gasteiger partial charge in [-0.3, -0.25) is 4.98 Å². The molecule has 1 aromatic heterocycles. The average Bonchev–Trinajstić information content (AvgIpc) is 2.87. The molecular formula is C16H14N2O. The maximum atomic E-state index is 10.6. The molecule has 2 atom stereocenters. The Bertz CT molecular complexity index is 633. The Hall–Kier alpha value is -2.18. The molecule has 2 aromatic rings. The van der Waals surface area contributed by atoms with Crippen LogP contribution in [-0.4, -0.2) is 10.1 Å². The predicted molar refractivity (Wildman–Crippen MR) is 71.3 cm³/mol. The summed E-state index contributed by atoms with van der Waals surface area (Å²) in [5.41, 5.74) is 1.78. The Morgan fingerprint density at radius 3 is 2.74 bits per heavy atom. The van der Waals surface area contributed by atoms with Crippen molar-refractivity contribution in [2.75, 3.05) is 0 Å². The average molecular weight is 250 g/mol. The number of aryl methyl sites for hydroxylation is 1. The Labute approximate surface area is 112 Å². The van der Waals surface area contributed by atoms with Crippen LogP contribution in [0.2, 0.25) is 0 Å². The van der Waals surface area contributed by atoms with Gasteiger partial charge in [0.05, 0.1) is 11.8 Å². The molecule has 3 rings (SSSR count). The minimum atomic E-state index is -0.887. The fourth-order valence-corrected chi connectivity index (χ4v) is 2.89. The molecule has 1 heterocycles. The Morgan fingerprint density at radius 1 is 1.21 bits per heavy atom. The summed E-state index contributed by atoms with van der Waals surface area (Å²) in [6.45, 7) is 0. The van der Waals surface area contributed by atoms with Gasteiger partial charge in [-0.2, -0.15) is 5.26 Å². The number of aliphatic hydroxyl groups excluding tert-OH is 1. The van der Waals surface area contributed by atoms with E-state index in [4.69, 9.17) is 0 Å². The summed E-state index contributed by atoms with van der Waals surface area (Å²) in [6.07, 6.45) is 2.22. The van der Waals surface area contributed by atoms with Crippen molar-refractivity contribution >= 4 is 0 Å². The highest BCUT2D eigenvalue weighted by molar-refractivity contribution is 5.46. The third kappa shape index (κ3) is 1.73. The summed E-state index contributed by atoms with van der Waals surface area (Å²) in [7, 11) is 0. The minimum Gasteiger partial charge on any atom is -0.385 e. The SMILES string of the molecule is N#CC1(C(O)c2ccccn2)CCc2ccccc21. The molecular weight excluding hydrogens is 236 g/mol.